The first-order valence-electron chi connectivity index (χ1n) is 7.63. The molecule has 3 rings (SSSR count). The van der Waals surface area contributed by atoms with Crippen molar-refractivity contribution in [2.75, 3.05) is 5.73 Å². The molecule has 0 saturated carbocycles. The van der Waals surface area contributed by atoms with E-state index in [1.165, 1.54) is 6.33 Å². The number of halogens is 1. The van der Waals surface area contributed by atoms with Crippen LogP contribution in [-0.4, -0.2) is 58.0 Å². The highest BCUT2D eigenvalue weighted by molar-refractivity contribution is 5.95. The highest BCUT2D eigenvalue weighted by Gasteiger charge is 2.06. The molecule has 0 aliphatic heterocycles. The van der Waals surface area contributed by atoms with Crippen LogP contribution in [-0.2, 0) is 0 Å². The van der Waals surface area contributed by atoms with Gasteiger partial charge in [0.2, 0.25) is 0 Å². The van der Waals surface area contributed by atoms with Crippen molar-refractivity contribution in [1.82, 2.24) is 29.9 Å². The molecule has 0 atom stereocenters. The van der Waals surface area contributed by atoms with Gasteiger partial charge in [0.1, 0.15) is 17.2 Å². The van der Waals surface area contributed by atoms with Crippen LogP contribution in [0.1, 0.15) is 31.5 Å². The average Bonchev–Trinajstić information content (AvgIpc) is 3.07. The van der Waals surface area contributed by atoms with Crippen molar-refractivity contribution in [1.29, 1.82) is 0 Å². The van der Waals surface area contributed by atoms with Gasteiger partial charge in [-0.1, -0.05) is 0 Å². The third-order valence-electron chi connectivity index (χ3n) is 2.88. The maximum Gasteiger partial charge on any atom is 0.352 e. The summed E-state index contributed by atoms with van der Waals surface area (Å²) in [5.74, 6) is -3.09. The number of carbonyl (C=O) groups excluding carboxylic acids is 1. The SMILES string of the molecule is Cl.NC(=O)c1nc[nH]c1N.O=C(O)c1cc(=O)[nH]c(=O)[nH]1.O=C(O)c1cc(=O)[nH]c(=O)[nH]1. The van der Waals surface area contributed by atoms with Gasteiger partial charge in [0.15, 0.2) is 5.69 Å². The number of anilines is 1. The van der Waals surface area contributed by atoms with Crippen molar-refractivity contribution in [3.8, 4) is 0 Å². The second-order valence-electron chi connectivity index (χ2n) is 5.14. The number of nitrogens with zero attached hydrogens (tertiary/aromatic N) is 1. The van der Waals surface area contributed by atoms with Gasteiger partial charge in [0, 0.05) is 12.1 Å². The number of nitrogens with one attached hydrogen (secondary N) is 5. The van der Waals surface area contributed by atoms with Crippen LogP contribution < -0.4 is 34.0 Å². The summed E-state index contributed by atoms with van der Waals surface area (Å²) in [6.45, 7) is 0. The summed E-state index contributed by atoms with van der Waals surface area (Å²) >= 11 is 0. The van der Waals surface area contributed by atoms with E-state index in [4.69, 9.17) is 21.7 Å². The van der Waals surface area contributed by atoms with Crippen LogP contribution in [0.3, 0.4) is 0 Å². The highest BCUT2D eigenvalue weighted by Crippen LogP contribution is 2.00. The first kappa shape index (κ1) is 27.1. The lowest BCUT2D eigenvalue weighted by molar-refractivity contribution is 0.0679. The van der Waals surface area contributed by atoms with E-state index in [0.717, 1.165) is 12.1 Å². The largest absolute Gasteiger partial charge is 0.477 e. The first-order chi connectivity index (χ1) is 14.4. The standard InChI is InChI=1S/2C5H4N2O4.C4H6N4O.ClH/c2*8-3-1-2(4(9)10)6-5(11)7-3;5-3-2(4(6)9)7-1-8-3;/h2*1H,(H,9,10)(H2,6,7,8,11);1H,5H2,(H2,6,9)(H,7,8);1H. The Labute approximate surface area is 180 Å². The van der Waals surface area contributed by atoms with Crippen LogP contribution in [0.2, 0.25) is 0 Å². The number of carboxylic acid groups (broad SMARTS) is 2. The van der Waals surface area contributed by atoms with Crippen molar-refractivity contribution < 1.29 is 24.6 Å². The molecule has 3 heterocycles. The molecule has 1 amide bonds. The summed E-state index contributed by atoms with van der Waals surface area (Å²) in [6, 6.07) is 1.59. The number of nitrogens with two attached hydrogens (primary N) is 2. The maximum atomic E-state index is 10.5. The van der Waals surface area contributed by atoms with Gasteiger partial charge in [-0.25, -0.2) is 24.2 Å². The van der Waals surface area contributed by atoms with E-state index >= 15 is 0 Å². The first-order valence-corrected chi connectivity index (χ1v) is 7.63. The molecular formula is C14H15ClN8O9. The predicted molar refractivity (Wildman–Crippen MR) is 108 cm³/mol. The zero-order chi connectivity index (χ0) is 23.7. The van der Waals surface area contributed by atoms with Gasteiger partial charge in [-0.3, -0.25) is 24.4 Å². The molecule has 0 aliphatic rings. The van der Waals surface area contributed by atoms with Gasteiger partial charge >= 0.3 is 23.3 Å². The number of aromatic nitrogens is 6. The molecule has 18 heteroatoms. The lowest BCUT2D eigenvalue weighted by atomic mass is 10.4. The molecule has 0 aromatic carbocycles. The molecule has 32 heavy (non-hydrogen) atoms. The average molecular weight is 475 g/mol. The van der Waals surface area contributed by atoms with E-state index in [-0.39, 0.29) is 23.9 Å². The van der Waals surface area contributed by atoms with E-state index in [1.54, 1.807) is 0 Å². The molecule has 0 spiro atoms. The fourth-order valence-electron chi connectivity index (χ4n) is 1.67. The van der Waals surface area contributed by atoms with Crippen molar-refractivity contribution in [3.63, 3.8) is 0 Å². The molecule has 0 unspecified atom stereocenters. The summed E-state index contributed by atoms with van der Waals surface area (Å²) in [6.07, 6.45) is 1.31. The number of carbonyl (C=O) groups is 3. The molecule has 0 radical (unpaired) electrons. The van der Waals surface area contributed by atoms with E-state index in [0.29, 0.717) is 0 Å². The quantitative estimate of drug-likeness (QED) is 0.184. The molecule has 0 saturated heterocycles. The minimum atomic E-state index is -1.34. The number of aromatic carboxylic acids is 2. The minimum Gasteiger partial charge on any atom is -0.477 e. The van der Waals surface area contributed by atoms with Crippen molar-refractivity contribution in [2.24, 2.45) is 5.73 Å². The molecule has 0 aliphatic carbocycles. The van der Waals surface area contributed by atoms with E-state index in [1.807, 2.05) is 19.9 Å². The number of hydrogen-bond donors (Lipinski definition) is 9. The molecule has 172 valence electrons. The third-order valence-corrected chi connectivity index (χ3v) is 2.88. The number of aromatic amines is 5. The molecule has 0 bridgehead atoms. The van der Waals surface area contributed by atoms with Gasteiger partial charge in [-0.2, -0.15) is 0 Å². The van der Waals surface area contributed by atoms with Crippen LogP contribution in [0, 0.1) is 0 Å². The number of hydrogen-bond acceptors (Lipinski definition) is 9. The number of amides is 1. The number of imidazole rings is 1. The minimum absolute atomic E-state index is 0. The summed E-state index contributed by atoms with van der Waals surface area (Å²) in [4.78, 5) is 86.2. The molecular weight excluding hydrogens is 460 g/mol. The fourth-order valence-corrected chi connectivity index (χ4v) is 1.67. The smallest absolute Gasteiger partial charge is 0.352 e. The molecule has 3 aromatic rings. The van der Waals surface area contributed by atoms with Crippen LogP contribution in [0.15, 0.2) is 37.6 Å². The van der Waals surface area contributed by atoms with Gasteiger partial charge in [-0.15, -0.1) is 12.4 Å². The summed E-state index contributed by atoms with van der Waals surface area (Å²) in [5.41, 5.74) is 6.23. The molecule has 11 N–H and O–H groups in total. The predicted octanol–water partition coefficient (Wildman–Crippen LogP) is -2.96. The van der Waals surface area contributed by atoms with Crippen molar-refractivity contribution in [2.45, 2.75) is 0 Å². The monoisotopic (exact) mass is 474 g/mol. The Balaban J connectivity index is 0.000000446. The van der Waals surface area contributed by atoms with Crippen LogP contribution in [0.25, 0.3) is 0 Å². The number of H-pyrrole nitrogens is 5. The zero-order valence-corrected chi connectivity index (χ0v) is 16.3. The van der Waals surface area contributed by atoms with E-state index in [9.17, 15) is 33.6 Å². The molecule has 17 nitrogen and oxygen atoms in total. The number of carboxylic acids is 2. The number of rotatable bonds is 3. The normalized spacial score (nSPS) is 9.12. The Kier molecular flexibility index (Phi) is 10.1. The third kappa shape index (κ3) is 8.61. The summed E-state index contributed by atoms with van der Waals surface area (Å²) in [7, 11) is 0. The van der Waals surface area contributed by atoms with Gasteiger partial charge in [0.25, 0.3) is 17.0 Å². The van der Waals surface area contributed by atoms with Crippen molar-refractivity contribution in [3.05, 3.63) is 77.2 Å². The van der Waals surface area contributed by atoms with E-state index < -0.39 is 51.7 Å². The van der Waals surface area contributed by atoms with Crippen LogP contribution >= 0.6 is 12.4 Å². The zero-order valence-electron chi connectivity index (χ0n) is 15.5. The molecule has 3 aromatic heterocycles. The number of nitrogen functional groups attached to an aromatic ring is 1. The van der Waals surface area contributed by atoms with Crippen molar-refractivity contribution >= 4 is 36.1 Å². The number of primary amides is 1. The van der Waals surface area contributed by atoms with Gasteiger partial charge < -0.3 is 36.6 Å². The van der Waals surface area contributed by atoms with Crippen LogP contribution in [0.5, 0.6) is 0 Å². The topological polar surface area (TPSA) is 304 Å². The Morgan fingerprint density at radius 3 is 1.44 bits per heavy atom. The Morgan fingerprint density at radius 1 is 0.812 bits per heavy atom. The fraction of sp³-hybridized carbons (Fsp3) is 0. The highest BCUT2D eigenvalue weighted by atomic mass is 35.5. The lowest BCUT2D eigenvalue weighted by Gasteiger charge is -1.89. The van der Waals surface area contributed by atoms with Gasteiger partial charge in [0.05, 0.1) is 6.33 Å². The Hall–Kier alpha value is -4.93. The Morgan fingerprint density at radius 2 is 1.22 bits per heavy atom. The summed E-state index contributed by atoms with van der Waals surface area (Å²) < 4.78 is 0. The second-order valence-corrected chi connectivity index (χ2v) is 5.14. The lowest BCUT2D eigenvalue weighted by Crippen LogP contribution is -2.24. The Bertz CT molecular complexity index is 1200. The molecule has 0 fully saturated rings. The maximum absolute atomic E-state index is 10.5. The van der Waals surface area contributed by atoms with E-state index in [2.05, 4.69) is 9.97 Å². The van der Waals surface area contributed by atoms with Gasteiger partial charge in [-0.05, 0) is 0 Å². The summed E-state index contributed by atoms with van der Waals surface area (Å²) in [5, 5.41) is 16.6. The van der Waals surface area contributed by atoms with Crippen LogP contribution in [0.4, 0.5) is 5.82 Å². The second kappa shape index (κ2) is 11.9.